The first-order valence-electron chi connectivity index (χ1n) is 8.33. The summed E-state index contributed by atoms with van der Waals surface area (Å²) in [7, 11) is 1.80. The van der Waals surface area contributed by atoms with Crippen LogP contribution >= 0.6 is 0 Å². The number of nitrogens with one attached hydrogen (secondary N) is 1. The second-order valence-electron chi connectivity index (χ2n) is 6.38. The fourth-order valence-corrected chi connectivity index (χ4v) is 3.50. The summed E-state index contributed by atoms with van der Waals surface area (Å²) >= 11 is 0. The van der Waals surface area contributed by atoms with Gasteiger partial charge in [-0.15, -0.1) is 0 Å². The Kier molecular flexibility index (Phi) is 6.90. The highest BCUT2D eigenvalue weighted by atomic mass is 32.2. The number of carbonyl (C=O) groups excluding carboxylic acids is 1. The van der Waals surface area contributed by atoms with Gasteiger partial charge in [-0.25, -0.2) is 13.1 Å². The molecule has 7 heteroatoms. The maximum Gasteiger partial charge on any atom is 0.253 e. The molecule has 2 rings (SSSR count). The first-order valence-corrected chi connectivity index (χ1v) is 9.82. The molecule has 0 bridgehead atoms. The van der Waals surface area contributed by atoms with Gasteiger partial charge in [-0.1, -0.05) is 36.4 Å². The Morgan fingerprint density at radius 1 is 1.00 bits per heavy atom. The lowest BCUT2D eigenvalue weighted by Gasteiger charge is -2.18. The van der Waals surface area contributed by atoms with E-state index in [-0.39, 0.29) is 10.8 Å². The van der Waals surface area contributed by atoms with Crippen molar-refractivity contribution in [1.82, 2.24) is 14.5 Å². The topological polar surface area (TPSA) is 69.7 Å². The SMILES string of the molecule is CN(C)CCNS(=O)(=O)c1cccc(C(=O)N(C)Cc2ccccc2)c1. The van der Waals surface area contributed by atoms with Gasteiger partial charge in [-0.3, -0.25) is 4.79 Å². The Balaban J connectivity index is 2.11. The van der Waals surface area contributed by atoms with Crippen molar-refractivity contribution in [2.75, 3.05) is 34.2 Å². The second-order valence-corrected chi connectivity index (χ2v) is 8.14. The molecule has 1 amide bonds. The molecule has 0 fully saturated rings. The molecule has 0 atom stereocenters. The molecule has 0 saturated carbocycles. The van der Waals surface area contributed by atoms with E-state index in [0.29, 0.717) is 25.2 Å². The minimum Gasteiger partial charge on any atom is -0.337 e. The fourth-order valence-electron chi connectivity index (χ4n) is 2.43. The Morgan fingerprint density at radius 3 is 2.35 bits per heavy atom. The molecule has 26 heavy (non-hydrogen) atoms. The molecule has 1 N–H and O–H groups in total. The molecule has 0 unspecified atom stereocenters. The van der Waals surface area contributed by atoms with Crippen LogP contribution in [0.5, 0.6) is 0 Å². The van der Waals surface area contributed by atoms with Crippen molar-refractivity contribution in [3.63, 3.8) is 0 Å². The molecule has 2 aromatic rings. The van der Waals surface area contributed by atoms with E-state index in [0.717, 1.165) is 5.56 Å². The van der Waals surface area contributed by atoms with Gasteiger partial charge in [0.15, 0.2) is 0 Å². The third-order valence-corrected chi connectivity index (χ3v) is 5.31. The summed E-state index contributed by atoms with van der Waals surface area (Å²) in [5.41, 5.74) is 1.36. The number of sulfonamides is 1. The highest BCUT2D eigenvalue weighted by Crippen LogP contribution is 2.14. The number of nitrogens with zero attached hydrogens (tertiary/aromatic N) is 2. The summed E-state index contributed by atoms with van der Waals surface area (Å²) in [5.74, 6) is -0.223. The molecule has 140 valence electrons. The van der Waals surface area contributed by atoms with E-state index in [1.807, 2.05) is 49.3 Å². The summed E-state index contributed by atoms with van der Waals surface area (Å²) in [5, 5.41) is 0. The Labute approximate surface area is 155 Å². The maximum absolute atomic E-state index is 12.6. The van der Waals surface area contributed by atoms with Crippen molar-refractivity contribution >= 4 is 15.9 Å². The normalized spacial score (nSPS) is 11.5. The first-order chi connectivity index (χ1) is 12.3. The van der Waals surface area contributed by atoms with Gasteiger partial charge < -0.3 is 9.80 Å². The van der Waals surface area contributed by atoms with E-state index in [2.05, 4.69) is 4.72 Å². The lowest BCUT2D eigenvalue weighted by atomic mass is 10.1. The molecule has 2 aromatic carbocycles. The molecule has 0 saturated heterocycles. The van der Waals surface area contributed by atoms with Crippen molar-refractivity contribution in [3.8, 4) is 0 Å². The van der Waals surface area contributed by atoms with Gasteiger partial charge in [0.1, 0.15) is 0 Å². The van der Waals surface area contributed by atoms with E-state index in [9.17, 15) is 13.2 Å². The lowest BCUT2D eigenvalue weighted by Crippen LogP contribution is -2.31. The van der Waals surface area contributed by atoms with Gasteiger partial charge in [-0.2, -0.15) is 0 Å². The zero-order valence-corrected chi connectivity index (χ0v) is 16.2. The van der Waals surface area contributed by atoms with Crippen LogP contribution in [-0.4, -0.2) is 58.4 Å². The second kappa shape index (κ2) is 8.93. The molecular weight excluding hydrogens is 350 g/mol. The molecular formula is C19H25N3O3S. The molecule has 0 aliphatic carbocycles. The number of amides is 1. The minimum atomic E-state index is -3.64. The third-order valence-electron chi connectivity index (χ3n) is 3.85. The maximum atomic E-state index is 12.6. The number of likely N-dealkylation sites (N-methyl/N-ethyl adjacent to an activating group) is 1. The summed E-state index contributed by atoms with van der Waals surface area (Å²) in [6.07, 6.45) is 0. The minimum absolute atomic E-state index is 0.0928. The Bertz CT molecular complexity index is 836. The van der Waals surface area contributed by atoms with Crippen LogP contribution in [0.2, 0.25) is 0 Å². The van der Waals surface area contributed by atoms with Crippen molar-refractivity contribution in [2.45, 2.75) is 11.4 Å². The third kappa shape index (κ3) is 5.66. The standard InChI is InChI=1S/C19H25N3O3S/c1-21(2)13-12-20-26(24,25)18-11-7-10-17(14-18)19(23)22(3)15-16-8-5-4-6-9-16/h4-11,14,20H,12-13,15H2,1-3H3. The summed E-state index contributed by atoms with van der Waals surface area (Å²) in [6.45, 7) is 1.36. The molecule has 0 heterocycles. The van der Waals surface area contributed by atoms with Crippen molar-refractivity contribution in [2.24, 2.45) is 0 Å². The van der Waals surface area contributed by atoms with Crippen molar-refractivity contribution in [1.29, 1.82) is 0 Å². The average molecular weight is 375 g/mol. The van der Waals surface area contributed by atoms with Crippen LogP contribution in [0.25, 0.3) is 0 Å². The number of benzene rings is 2. The molecule has 0 radical (unpaired) electrons. The zero-order valence-electron chi connectivity index (χ0n) is 15.3. The molecule has 0 spiro atoms. The van der Waals surface area contributed by atoms with Gasteiger partial charge >= 0.3 is 0 Å². The van der Waals surface area contributed by atoms with E-state index in [1.54, 1.807) is 24.1 Å². The van der Waals surface area contributed by atoms with E-state index in [4.69, 9.17) is 0 Å². The van der Waals surface area contributed by atoms with E-state index < -0.39 is 10.0 Å². The van der Waals surface area contributed by atoms with Crippen LogP contribution in [0.1, 0.15) is 15.9 Å². The Hall–Kier alpha value is -2.22. The van der Waals surface area contributed by atoms with Gasteiger partial charge in [-0.05, 0) is 37.9 Å². The zero-order chi connectivity index (χ0) is 19.2. The molecule has 0 aromatic heterocycles. The van der Waals surface area contributed by atoms with Crippen LogP contribution in [-0.2, 0) is 16.6 Å². The van der Waals surface area contributed by atoms with E-state index in [1.165, 1.54) is 12.1 Å². The van der Waals surface area contributed by atoms with Crippen molar-refractivity contribution < 1.29 is 13.2 Å². The van der Waals surface area contributed by atoms with Gasteiger partial charge in [0.25, 0.3) is 5.91 Å². The lowest BCUT2D eigenvalue weighted by molar-refractivity contribution is 0.0785. The highest BCUT2D eigenvalue weighted by molar-refractivity contribution is 7.89. The van der Waals surface area contributed by atoms with Crippen LogP contribution in [0.4, 0.5) is 0 Å². The highest BCUT2D eigenvalue weighted by Gasteiger charge is 2.18. The molecule has 0 aliphatic heterocycles. The fraction of sp³-hybridized carbons (Fsp3) is 0.316. The smallest absolute Gasteiger partial charge is 0.253 e. The number of hydrogen-bond acceptors (Lipinski definition) is 4. The number of carbonyl (C=O) groups is 1. The first kappa shape index (κ1) is 20.1. The Morgan fingerprint density at radius 2 is 1.69 bits per heavy atom. The quantitative estimate of drug-likeness (QED) is 0.764. The van der Waals surface area contributed by atoms with E-state index >= 15 is 0 Å². The van der Waals surface area contributed by atoms with Crippen molar-refractivity contribution in [3.05, 3.63) is 65.7 Å². The van der Waals surface area contributed by atoms with Gasteiger partial charge in [0.05, 0.1) is 4.90 Å². The van der Waals surface area contributed by atoms with Crippen LogP contribution in [0, 0.1) is 0 Å². The monoisotopic (exact) mass is 375 g/mol. The predicted octanol–water partition coefficient (Wildman–Crippen LogP) is 1.80. The molecule has 6 nitrogen and oxygen atoms in total. The number of rotatable bonds is 8. The molecule has 0 aliphatic rings. The van der Waals surface area contributed by atoms with Crippen LogP contribution in [0.15, 0.2) is 59.5 Å². The summed E-state index contributed by atoms with van der Waals surface area (Å²) < 4.78 is 27.3. The summed E-state index contributed by atoms with van der Waals surface area (Å²) in [4.78, 5) is 16.2. The largest absolute Gasteiger partial charge is 0.337 e. The summed E-state index contributed by atoms with van der Waals surface area (Å²) in [6, 6.07) is 15.8. The average Bonchev–Trinajstić information content (AvgIpc) is 2.61. The predicted molar refractivity (Wildman–Crippen MR) is 102 cm³/mol. The van der Waals surface area contributed by atoms with Gasteiger partial charge in [0, 0.05) is 32.2 Å². The van der Waals surface area contributed by atoms with Crippen LogP contribution in [0.3, 0.4) is 0 Å². The number of hydrogen-bond donors (Lipinski definition) is 1. The van der Waals surface area contributed by atoms with Crippen LogP contribution < -0.4 is 4.72 Å². The van der Waals surface area contributed by atoms with Gasteiger partial charge in [0.2, 0.25) is 10.0 Å².